The minimum absolute atomic E-state index is 0.0312. The summed E-state index contributed by atoms with van der Waals surface area (Å²) in [6.45, 7) is 1.98. The topological polar surface area (TPSA) is 83.0 Å². The van der Waals surface area contributed by atoms with Crippen LogP contribution in [0.5, 0.6) is 0 Å². The van der Waals surface area contributed by atoms with E-state index >= 15 is 0 Å². The molecule has 7 nitrogen and oxygen atoms in total. The molecular weight excluding hydrogens is 436 g/mol. The second-order valence-corrected chi connectivity index (χ2v) is 7.28. The van der Waals surface area contributed by atoms with Crippen LogP contribution in [0.15, 0.2) is 58.1 Å². The molecule has 2 aromatic rings. The van der Waals surface area contributed by atoms with E-state index < -0.39 is 12.1 Å². The van der Waals surface area contributed by atoms with Crippen LogP contribution in [0.3, 0.4) is 0 Å². The van der Waals surface area contributed by atoms with Gasteiger partial charge in [0.05, 0.1) is 31.0 Å². The van der Waals surface area contributed by atoms with E-state index in [2.05, 4.69) is 31.8 Å². The molecule has 0 aliphatic heterocycles. The maximum absolute atomic E-state index is 12.3. The number of hydrogen-bond acceptors (Lipinski definition) is 5. The number of alkyl carbamates (subject to hydrolysis) is 1. The Kier molecular flexibility index (Phi) is 8.67. The van der Waals surface area contributed by atoms with Gasteiger partial charge in [-0.05, 0) is 46.1 Å². The summed E-state index contributed by atoms with van der Waals surface area (Å²) in [7, 11) is 3.92. The van der Waals surface area contributed by atoms with Gasteiger partial charge in [-0.3, -0.25) is 4.79 Å². The van der Waals surface area contributed by atoms with E-state index in [9.17, 15) is 9.59 Å². The van der Waals surface area contributed by atoms with E-state index in [1.807, 2.05) is 67.5 Å². The fourth-order valence-corrected chi connectivity index (χ4v) is 3.38. The molecule has 2 N–H and O–H groups in total. The zero-order chi connectivity index (χ0) is 21.2. The number of amides is 2. The minimum Gasteiger partial charge on any atom is -0.450 e. The van der Waals surface area contributed by atoms with E-state index in [1.54, 1.807) is 13.1 Å². The number of carbonyl (C=O) groups excluding carboxylic acids is 2. The molecule has 0 bridgehead atoms. The lowest BCUT2D eigenvalue weighted by molar-refractivity contribution is -0.121. The van der Waals surface area contributed by atoms with Gasteiger partial charge in [-0.2, -0.15) is 5.10 Å². The van der Waals surface area contributed by atoms with Crippen LogP contribution in [-0.4, -0.2) is 38.9 Å². The van der Waals surface area contributed by atoms with Crippen molar-refractivity contribution in [2.45, 2.75) is 19.4 Å². The first kappa shape index (κ1) is 22.4. The molecule has 0 unspecified atom stereocenters. The van der Waals surface area contributed by atoms with Gasteiger partial charge in [-0.15, -0.1) is 0 Å². The Morgan fingerprint density at radius 3 is 2.55 bits per heavy atom. The molecule has 154 valence electrons. The van der Waals surface area contributed by atoms with Gasteiger partial charge < -0.3 is 15.0 Å². The number of rotatable bonds is 8. The minimum atomic E-state index is -0.566. The SMILES string of the molecule is CCOC(=O)N[C@H](CC(=O)N/N=C\c1ccc(N(C)C)c(Br)c1)c1ccccc1. The summed E-state index contributed by atoms with van der Waals surface area (Å²) in [4.78, 5) is 26.1. The van der Waals surface area contributed by atoms with Crippen molar-refractivity contribution in [1.29, 1.82) is 0 Å². The zero-order valence-corrected chi connectivity index (χ0v) is 18.3. The molecule has 0 heterocycles. The molecule has 2 amide bonds. The monoisotopic (exact) mass is 460 g/mol. The van der Waals surface area contributed by atoms with Crippen molar-refractivity contribution in [2.24, 2.45) is 5.10 Å². The van der Waals surface area contributed by atoms with Crippen LogP contribution in [0.4, 0.5) is 10.5 Å². The molecule has 29 heavy (non-hydrogen) atoms. The maximum Gasteiger partial charge on any atom is 0.407 e. The molecule has 0 aromatic heterocycles. The third kappa shape index (κ3) is 7.23. The average molecular weight is 461 g/mol. The van der Waals surface area contributed by atoms with Crippen molar-refractivity contribution >= 4 is 39.8 Å². The Hall–Kier alpha value is -2.87. The lowest BCUT2D eigenvalue weighted by Gasteiger charge is -2.18. The summed E-state index contributed by atoms with van der Waals surface area (Å²) in [5.41, 5.74) is 5.20. The number of nitrogens with zero attached hydrogens (tertiary/aromatic N) is 2. The second-order valence-electron chi connectivity index (χ2n) is 6.43. The Bertz CT molecular complexity index is 856. The van der Waals surface area contributed by atoms with Gasteiger partial charge in [0, 0.05) is 18.6 Å². The van der Waals surface area contributed by atoms with Gasteiger partial charge in [-0.1, -0.05) is 36.4 Å². The van der Waals surface area contributed by atoms with Crippen molar-refractivity contribution < 1.29 is 14.3 Å². The summed E-state index contributed by atoms with van der Waals surface area (Å²) in [5, 5.41) is 6.73. The summed E-state index contributed by atoms with van der Waals surface area (Å²) >= 11 is 3.52. The van der Waals surface area contributed by atoms with Crippen LogP contribution in [0, 0.1) is 0 Å². The van der Waals surface area contributed by atoms with Crippen LogP contribution in [0.2, 0.25) is 0 Å². The Balaban J connectivity index is 1.99. The molecule has 8 heteroatoms. The number of hydrogen-bond donors (Lipinski definition) is 2. The van der Waals surface area contributed by atoms with E-state index in [1.165, 1.54) is 0 Å². The highest BCUT2D eigenvalue weighted by Gasteiger charge is 2.18. The molecule has 1 atom stereocenters. The number of hydrazone groups is 1. The van der Waals surface area contributed by atoms with Crippen LogP contribution in [0.25, 0.3) is 0 Å². The van der Waals surface area contributed by atoms with E-state index in [0.717, 1.165) is 21.3 Å². The van der Waals surface area contributed by atoms with Crippen molar-refractivity contribution in [3.8, 4) is 0 Å². The summed E-state index contributed by atoms with van der Waals surface area (Å²) in [6, 6.07) is 14.5. The quantitative estimate of drug-likeness (QED) is 0.462. The highest BCUT2D eigenvalue weighted by atomic mass is 79.9. The van der Waals surface area contributed by atoms with Gasteiger partial charge in [0.25, 0.3) is 0 Å². The standard InChI is InChI=1S/C21H25BrN4O3/c1-4-29-21(28)24-18(16-8-6-5-7-9-16)13-20(27)25-23-14-15-10-11-19(26(2)3)17(22)12-15/h5-12,14,18H,4,13H2,1-3H3,(H,24,28)(H,25,27)/b23-14-/t18-/m1/s1. The number of benzene rings is 2. The molecule has 0 radical (unpaired) electrons. The molecule has 0 saturated heterocycles. The zero-order valence-electron chi connectivity index (χ0n) is 16.7. The molecule has 0 aliphatic carbocycles. The molecule has 0 fully saturated rings. The number of anilines is 1. The van der Waals surface area contributed by atoms with Crippen molar-refractivity contribution in [1.82, 2.24) is 10.7 Å². The van der Waals surface area contributed by atoms with Gasteiger partial charge in [0.15, 0.2) is 0 Å². The van der Waals surface area contributed by atoms with Crippen molar-refractivity contribution in [3.63, 3.8) is 0 Å². The summed E-state index contributed by atoms with van der Waals surface area (Å²) < 4.78 is 5.86. The van der Waals surface area contributed by atoms with Crippen LogP contribution in [-0.2, 0) is 9.53 Å². The molecule has 2 aromatic carbocycles. The van der Waals surface area contributed by atoms with Gasteiger partial charge >= 0.3 is 6.09 Å². The molecule has 2 rings (SSSR count). The van der Waals surface area contributed by atoms with Crippen LogP contribution in [0.1, 0.15) is 30.5 Å². The second kappa shape index (κ2) is 11.2. The summed E-state index contributed by atoms with van der Waals surface area (Å²) in [5.74, 6) is -0.323. The predicted octanol–water partition coefficient (Wildman–Crippen LogP) is 3.84. The number of halogens is 1. The Labute approximate surface area is 179 Å². The summed E-state index contributed by atoms with van der Waals surface area (Å²) in [6.07, 6.45) is 1.03. The largest absolute Gasteiger partial charge is 0.450 e. The lowest BCUT2D eigenvalue weighted by Crippen LogP contribution is -2.33. The lowest BCUT2D eigenvalue weighted by atomic mass is 10.0. The third-order valence-electron chi connectivity index (χ3n) is 4.02. The number of ether oxygens (including phenoxy) is 1. The fourth-order valence-electron chi connectivity index (χ4n) is 2.63. The van der Waals surface area contributed by atoms with Gasteiger partial charge in [-0.25, -0.2) is 10.2 Å². The fraction of sp³-hybridized carbons (Fsp3) is 0.286. The maximum atomic E-state index is 12.3. The van der Waals surface area contributed by atoms with Crippen molar-refractivity contribution in [3.05, 3.63) is 64.1 Å². The highest BCUT2D eigenvalue weighted by molar-refractivity contribution is 9.10. The molecule has 0 saturated carbocycles. The van der Waals surface area contributed by atoms with E-state index in [4.69, 9.17) is 4.74 Å². The number of carbonyl (C=O) groups is 2. The first-order valence-electron chi connectivity index (χ1n) is 9.17. The Morgan fingerprint density at radius 1 is 1.21 bits per heavy atom. The first-order valence-corrected chi connectivity index (χ1v) is 9.97. The van der Waals surface area contributed by atoms with Crippen LogP contribution < -0.4 is 15.6 Å². The first-order chi connectivity index (χ1) is 13.9. The predicted molar refractivity (Wildman–Crippen MR) is 118 cm³/mol. The normalized spacial score (nSPS) is 11.7. The van der Waals surface area contributed by atoms with E-state index in [-0.39, 0.29) is 18.9 Å². The molecular formula is C21H25BrN4O3. The average Bonchev–Trinajstić information content (AvgIpc) is 2.68. The van der Waals surface area contributed by atoms with Crippen LogP contribution >= 0.6 is 15.9 Å². The van der Waals surface area contributed by atoms with Gasteiger partial charge in [0.2, 0.25) is 5.91 Å². The third-order valence-corrected chi connectivity index (χ3v) is 4.65. The molecule has 0 aliphatic rings. The Morgan fingerprint density at radius 2 is 1.93 bits per heavy atom. The van der Waals surface area contributed by atoms with Gasteiger partial charge in [0.1, 0.15) is 0 Å². The number of nitrogens with one attached hydrogen (secondary N) is 2. The van der Waals surface area contributed by atoms with Crippen molar-refractivity contribution in [2.75, 3.05) is 25.6 Å². The molecule has 0 spiro atoms. The highest BCUT2D eigenvalue weighted by Crippen LogP contribution is 2.25. The van der Waals surface area contributed by atoms with E-state index in [0.29, 0.717) is 0 Å². The smallest absolute Gasteiger partial charge is 0.407 e.